The van der Waals surface area contributed by atoms with Crippen molar-refractivity contribution in [1.82, 2.24) is 10.2 Å². The Kier molecular flexibility index (Phi) is 3.42. The van der Waals surface area contributed by atoms with Crippen LogP contribution in [0.4, 0.5) is 12.0 Å². The van der Waals surface area contributed by atoms with Gasteiger partial charge in [0.1, 0.15) is 0 Å². The van der Waals surface area contributed by atoms with E-state index in [1.165, 1.54) is 44.9 Å². The zero-order valence-electron chi connectivity index (χ0n) is 8.91. The summed E-state index contributed by atoms with van der Waals surface area (Å²) >= 11 is 0. The first-order valence-corrected chi connectivity index (χ1v) is 5.70. The Morgan fingerprint density at radius 1 is 1.07 bits per heavy atom. The molecule has 0 atom stereocenters. The summed E-state index contributed by atoms with van der Waals surface area (Å²) in [6, 6.07) is 1.05. The third kappa shape index (κ3) is 3.11. The number of nitrogen functional groups attached to an aromatic ring is 1. The van der Waals surface area contributed by atoms with Crippen molar-refractivity contribution in [1.29, 1.82) is 0 Å². The average Bonchev–Trinajstić information content (AvgIpc) is 2.56. The second-order valence-electron chi connectivity index (χ2n) is 4.13. The van der Waals surface area contributed by atoms with Crippen molar-refractivity contribution in [2.24, 2.45) is 0 Å². The molecule has 5 nitrogen and oxygen atoms in total. The summed E-state index contributed by atoms with van der Waals surface area (Å²) in [7, 11) is 0. The standard InChI is InChI=1S/C10H18N4O/c11-9-13-14-10(15-9)12-8-6-4-2-1-3-5-7-8/h8H,1-7H2,(H2,11,13)(H,12,14). The lowest BCUT2D eigenvalue weighted by Crippen LogP contribution is -2.20. The van der Waals surface area contributed by atoms with E-state index in [2.05, 4.69) is 15.5 Å². The molecule has 0 aliphatic heterocycles. The monoisotopic (exact) mass is 210 g/mol. The van der Waals surface area contributed by atoms with Crippen molar-refractivity contribution in [3.8, 4) is 0 Å². The zero-order valence-corrected chi connectivity index (χ0v) is 8.91. The van der Waals surface area contributed by atoms with Crippen molar-refractivity contribution >= 4 is 12.0 Å². The molecule has 0 bridgehead atoms. The number of nitrogens with zero attached hydrogens (tertiary/aromatic N) is 2. The van der Waals surface area contributed by atoms with Crippen molar-refractivity contribution in [3.05, 3.63) is 0 Å². The third-order valence-corrected chi connectivity index (χ3v) is 2.87. The maximum Gasteiger partial charge on any atom is 0.317 e. The van der Waals surface area contributed by atoms with Crippen LogP contribution in [0.5, 0.6) is 0 Å². The summed E-state index contributed by atoms with van der Waals surface area (Å²) in [6.07, 6.45) is 8.97. The van der Waals surface area contributed by atoms with Gasteiger partial charge < -0.3 is 15.5 Å². The molecule has 1 aromatic heterocycles. The van der Waals surface area contributed by atoms with Crippen molar-refractivity contribution in [2.75, 3.05) is 11.1 Å². The minimum absolute atomic E-state index is 0.128. The largest absolute Gasteiger partial charge is 0.390 e. The minimum Gasteiger partial charge on any atom is -0.390 e. The highest BCUT2D eigenvalue weighted by atomic mass is 16.4. The smallest absolute Gasteiger partial charge is 0.317 e. The van der Waals surface area contributed by atoms with E-state index in [0.29, 0.717) is 12.1 Å². The highest BCUT2D eigenvalue weighted by molar-refractivity contribution is 5.24. The Morgan fingerprint density at radius 2 is 1.73 bits per heavy atom. The van der Waals surface area contributed by atoms with Crippen molar-refractivity contribution < 1.29 is 4.42 Å². The van der Waals surface area contributed by atoms with Gasteiger partial charge >= 0.3 is 12.0 Å². The fraction of sp³-hybridized carbons (Fsp3) is 0.800. The van der Waals surface area contributed by atoms with Crippen LogP contribution in [0.2, 0.25) is 0 Å². The van der Waals surface area contributed by atoms with Gasteiger partial charge in [-0.1, -0.05) is 42.3 Å². The van der Waals surface area contributed by atoms with Gasteiger partial charge in [0.25, 0.3) is 0 Å². The molecule has 1 saturated carbocycles. The lowest BCUT2D eigenvalue weighted by Gasteiger charge is -2.19. The quantitative estimate of drug-likeness (QED) is 0.782. The summed E-state index contributed by atoms with van der Waals surface area (Å²) in [5.41, 5.74) is 5.36. The molecule has 1 aliphatic carbocycles. The first-order chi connectivity index (χ1) is 7.34. The van der Waals surface area contributed by atoms with E-state index >= 15 is 0 Å². The van der Waals surface area contributed by atoms with Crippen LogP contribution >= 0.6 is 0 Å². The molecule has 0 unspecified atom stereocenters. The van der Waals surface area contributed by atoms with Gasteiger partial charge in [-0.2, -0.15) is 0 Å². The maximum atomic E-state index is 5.36. The summed E-state index contributed by atoms with van der Waals surface area (Å²) in [5.74, 6) is 0. The Balaban J connectivity index is 1.86. The average molecular weight is 210 g/mol. The minimum atomic E-state index is 0.128. The van der Waals surface area contributed by atoms with Crippen LogP contribution in [0.25, 0.3) is 0 Å². The molecular formula is C10H18N4O. The third-order valence-electron chi connectivity index (χ3n) is 2.87. The van der Waals surface area contributed by atoms with Gasteiger partial charge in [0.2, 0.25) is 0 Å². The molecule has 0 aromatic carbocycles. The fourth-order valence-corrected chi connectivity index (χ4v) is 2.07. The molecule has 0 saturated heterocycles. The second-order valence-corrected chi connectivity index (χ2v) is 4.13. The number of anilines is 2. The van der Waals surface area contributed by atoms with E-state index < -0.39 is 0 Å². The van der Waals surface area contributed by atoms with Crippen LogP contribution < -0.4 is 11.1 Å². The van der Waals surface area contributed by atoms with E-state index in [4.69, 9.17) is 10.2 Å². The van der Waals surface area contributed by atoms with Gasteiger partial charge in [0, 0.05) is 6.04 Å². The van der Waals surface area contributed by atoms with Gasteiger partial charge in [0.05, 0.1) is 0 Å². The normalized spacial score (nSPS) is 19.5. The van der Waals surface area contributed by atoms with Crippen LogP contribution in [0.1, 0.15) is 44.9 Å². The summed E-state index contributed by atoms with van der Waals surface area (Å²) in [4.78, 5) is 0. The summed E-state index contributed by atoms with van der Waals surface area (Å²) in [6.45, 7) is 0. The van der Waals surface area contributed by atoms with Gasteiger partial charge in [-0.3, -0.25) is 0 Å². The van der Waals surface area contributed by atoms with Crippen LogP contribution in [0.3, 0.4) is 0 Å². The van der Waals surface area contributed by atoms with E-state index in [9.17, 15) is 0 Å². The van der Waals surface area contributed by atoms with Crippen molar-refractivity contribution in [2.45, 2.75) is 51.0 Å². The number of aromatic nitrogens is 2. The number of hydrogen-bond donors (Lipinski definition) is 2. The van der Waals surface area contributed by atoms with E-state index in [0.717, 1.165) is 0 Å². The molecule has 5 heteroatoms. The number of nitrogens with two attached hydrogens (primary N) is 1. The lowest BCUT2D eigenvalue weighted by molar-refractivity contribution is 0.459. The predicted octanol–water partition coefficient (Wildman–Crippen LogP) is 2.18. The highest BCUT2D eigenvalue weighted by Crippen LogP contribution is 2.20. The fourth-order valence-electron chi connectivity index (χ4n) is 2.07. The first-order valence-electron chi connectivity index (χ1n) is 5.70. The Morgan fingerprint density at radius 3 is 2.33 bits per heavy atom. The van der Waals surface area contributed by atoms with Crippen LogP contribution in [-0.4, -0.2) is 16.2 Å². The van der Waals surface area contributed by atoms with E-state index in [1.807, 2.05) is 0 Å². The number of rotatable bonds is 2. The molecule has 15 heavy (non-hydrogen) atoms. The molecule has 1 aliphatic rings. The molecule has 0 radical (unpaired) electrons. The Bertz CT molecular complexity index is 291. The number of nitrogens with one attached hydrogen (secondary N) is 1. The lowest BCUT2D eigenvalue weighted by atomic mass is 9.97. The second kappa shape index (κ2) is 5.00. The van der Waals surface area contributed by atoms with Gasteiger partial charge in [-0.05, 0) is 12.8 Å². The molecule has 3 N–H and O–H groups in total. The highest BCUT2D eigenvalue weighted by Gasteiger charge is 2.13. The molecule has 84 valence electrons. The topological polar surface area (TPSA) is 77.0 Å². The zero-order chi connectivity index (χ0) is 10.5. The Hall–Kier alpha value is -1.26. The first kappa shape index (κ1) is 10.3. The number of hydrogen-bond acceptors (Lipinski definition) is 5. The maximum absolute atomic E-state index is 5.36. The van der Waals surface area contributed by atoms with Gasteiger partial charge in [-0.15, -0.1) is 0 Å². The molecule has 2 rings (SSSR count). The van der Waals surface area contributed by atoms with Crippen molar-refractivity contribution in [3.63, 3.8) is 0 Å². The Labute approximate surface area is 89.4 Å². The van der Waals surface area contributed by atoms with Crippen LogP contribution in [-0.2, 0) is 0 Å². The molecule has 0 spiro atoms. The summed E-state index contributed by atoms with van der Waals surface area (Å²) in [5, 5.41) is 10.7. The molecule has 1 fully saturated rings. The summed E-state index contributed by atoms with van der Waals surface area (Å²) < 4.78 is 5.10. The molecule has 1 aromatic rings. The van der Waals surface area contributed by atoms with Gasteiger partial charge in [-0.25, -0.2) is 0 Å². The molecule has 0 amide bonds. The van der Waals surface area contributed by atoms with Crippen LogP contribution in [0, 0.1) is 0 Å². The predicted molar refractivity (Wildman–Crippen MR) is 58.4 cm³/mol. The van der Waals surface area contributed by atoms with E-state index in [1.54, 1.807) is 0 Å². The van der Waals surface area contributed by atoms with Gasteiger partial charge in [0.15, 0.2) is 0 Å². The SMILES string of the molecule is Nc1nnc(NC2CCCCCCC2)o1. The molecule has 1 heterocycles. The van der Waals surface area contributed by atoms with E-state index in [-0.39, 0.29) is 6.01 Å². The van der Waals surface area contributed by atoms with Crippen LogP contribution in [0.15, 0.2) is 4.42 Å². The molecular weight excluding hydrogens is 192 g/mol.